The van der Waals surface area contributed by atoms with Gasteiger partial charge in [-0.3, -0.25) is 9.59 Å². The van der Waals surface area contributed by atoms with Gasteiger partial charge in [-0.05, 0) is 23.6 Å². The van der Waals surface area contributed by atoms with Gasteiger partial charge in [0.25, 0.3) is 0 Å². The van der Waals surface area contributed by atoms with Crippen molar-refractivity contribution in [1.29, 1.82) is 0 Å². The average molecular weight is 285 g/mol. The molecule has 1 radical (unpaired) electrons. The van der Waals surface area contributed by atoms with E-state index in [4.69, 9.17) is 11.6 Å². The Bertz CT molecular complexity index is 599. The highest BCUT2D eigenvalue weighted by Crippen LogP contribution is 2.30. The van der Waals surface area contributed by atoms with Crippen molar-refractivity contribution in [1.82, 2.24) is 5.32 Å². The largest absolute Gasteiger partial charge is 0.341 e. The van der Waals surface area contributed by atoms with Gasteiger partial charge in [-0.1, -0.05) is 0 Å². The first-order valence-corrected chi connectivity index (χ1v) is 6.46. The van der Waals surface area contributed by atoms with Gasteiger partial charge in [-0.25, -0.2) is 4.39 Å². The summed E-state index contributed by atoms with van der Waals surface area (Å²) in [5, 5.41) is 4.72. The van der Waals surface area contributed by atoms with Gasteiger partial charge in [-0.2, -0.15) is 0 Å². The number of fused-ring (bicyclic) bond motifs is 1. The van der Waals surface area contributed by atoms with Gasteiger partial charge in [0.2, 0.25) is 12.2 Å². The second kappa shape index (κ2) is 5.46. The molecule has 1 amide bonds. The molecule has 0 aliphatic carbocycles. The van der Waals surface area contributed by atoms with Crippen LogP contribution in [0.4, 0.5) is 4.39 Å². The number of halogens is 2. The summed E-state index contributed by atoms with van der Waals surface area (Å²) < 4.78 is 14.0. The first-order valence-electron chi connectivity index (χ1n) is 5.05. The third-order valence-electron chi connectivity index (χ3n) is 2.42. The molecular formula is C12H8ClFNO2S. The van der Waals surface area contributed by atoms with E-state index in [1.54, 1.807) is 17.7 Å². The first-order chi connectivity index (χ1) is 8.65. The molecule has 2 aromatic rings. The zero-order chi connectivity index (χ0) is 13.1. The number of rotatable bonds is 4. The minimum Gasteiger partial charge on any atom is -0.341 e. The maximum atomic E-state index is 13.2. The van der Waals surface area contributed by atoms with Crippen LogP contribution in [-0.2, 0) is 9.59 Å². The second-order valence-electron chi connectivity index (χ2n) is 3.58. The summed E-state index contributed by atoms with van der Waals surface area (Å²) >= 11 is 6.73. The van der Waals surface area contributed by atoms with Crippen molar-refractivity contribution in [2.75, 3.05) is 5.88 Å². The van der Waals surface area contributed by atoms with Crippen LogP contribution in [0.2, 0.25) is 0 Å². The Hall–Kier alpha value is -1.46. The van der Waals surface area contributed by atoms with Gasteiger partial charge in [-0.15, -0.1) is 22.9 Å². The summed E-state index contributed by atoms with van der Waals surface area (Å²) in [4.78, 5) is 22.1. The van der Waals surface area contributed by atoms with Crippen molar-refractivity contribution in [3.05, 3.63) is 35.0 Å². The lowest BCUT2D eigenvalue weighted by molar-refractivity contribution is -0.119. The summed E-state index contributed by atoms with van der Waals surface area (Å²) in [6, 6.07) is 3.38. The monoisotopic (exact) mass is 284 g/mol. The smallest absolute Gasteiger partial charge is 0.235 e. The molecule has 0 saturated carbocycles. The maximum absolute atomic E-state index is 13.2. The molecule has 1 heterocycles. The van der Waals surface area contributed by atoms with Crippen LogP contribution in [0, 0.1) is 5.82 Å². The predicted octanol–water partition coefficient (Wildman–Crippen LogP) is 2.55. The minimum atomic E-state index is -0.924. The molecule has 0 bridgehead atoms. The molecule has 1 aromatic carbocycles. The SMILES string of the molecule is O=[C]C(NC(=O)CCl)c1csc2ccc(F)cc12. The van der Waals surface area contributed by atoms with E-state index in [1.807, 2.05) is 0 Å². The van der Waals surface area contributed by atoms with Crippen LogP contribution in [0.15, 0.2) is 23.6 Å². The summed E-state index contributed by atoms with van der Waals surface area (Å²) in [7, 11) is 0. The number of benzene rings is 1. The molecule has 93 valence electrons. The molecule has 18 heavy (non-hydrogen) atoms. The molecule has 0 aliphatic heterocycles. The first kappa shape index (κ1) is 13.0. The van der Waals surface area contributed by atoms with Gasteiger partial charge < -0.3 is 5.32 Å². The van der Waals surface area contributed by atoms with E-state index in [0.717, 1.165) is 4.70 Å². The van der Waals surface area contributed by atoms with E-state index in [9.17, 15) is 14.0 Å². The Morgan fingerprint density at radius 1 is 1.56 bits per heavy atom. The quantitative estimate of drug-likeness (QED) is 0.877. The number of carbonyl (C=O) groups excluding carboxylic acids is 2. The number of nitrogens with one attached hydrogen (secondary N) is 1. The lowest BCUT2D eigenvalue weighted by atomic mass is 10.1. The number of thiophene rings is 1. The highest BCUT2D eigenvalue weighted by Gasteiger charge is 2.18. The number of alkyl halides is 1. The standard InChI is InChI=1S/C12H8ClFNO2S/c13-4-12(17)15-10(5-16)9-6-18-11-2-1-7(14)3-8(9)11/h1-3,6,10H,4H2,(H,15,17). The fourth-order valence-corrected chi connectivity index (χ4v) is 2.66. The second-order valence-corrected chi connectivity index (χ2v) is 4.76. The Morgan fingerprint density at radius 2 is 2.33 bits per heavy atom. The van der Waals surface area contributed by atoms with Gasteiger partial charge in [0.05, 0.1) is 0 Å². The number of carbonyl (C=O) groups is 1. The summed E-state index contributed by atoms with van der Waals surface area (Å²) in [5.41, 5.74) is 0.531. The van der Waals surface area contributed by atoms with Crippen molar-refractivity contribution in [2.45, 2.75) is 6.04 Å². The zero-order valence-corrected chi connectivity index (χ0v) is 10.6. The van der Waals surface area contributed by atoms with Gasteiger partial charge in [0, 0.05) is 15.6 Å². The molecule has 1 N–H and O–H groups in total. The lowest BCUT2D eigenvalue weighted by Crippen LogP contribution is -2.30. The normalized spacial score (nSPS) is 12.3. The van der Waals surface area contributed by atoms with E-state index >= 15 is 0 Å². The maximum Gasteiger partial charge on any atom is 0.235 e. The van der Waals surface area contributed by atoms with Crippen LogP contribution in [0.5, 0.6) is 0 Å². The van der Waals surface area contributed by atoms with Crippen LogP contribution in [0.1, 0.15) is 11.6 Å². The van der Waals surface area contributed by atoms with E-state index < -0.39 is 17.8 Å². The number of amides is 1. The Balaban J connectivity index is 2.41. The van der Waals surface area contributed by atoms with Crippen LogP contribution in [0.25, 0.3) is 10.1 Å². The van der Waals surface area contributed by atoms with Crippen molar-refractivity contribution in [3.8, 4) is 0 Å². The summed E-state index contributed by atoms with van der Waals surface area (Å²) in [5.74, 6) is -1.11. The molecule has 6 heteroatoms. The van der Waals surface area contributed by atoms with Gasteiger partial charge in [0.15, 0.2) is 0 Å². The third kappa shape index (κ3) is 2.52. The van der Waals surface area contributed by atoms with Crippen LogP contribution >= 0.6 is 22.9 Å². The third-order valence-corrected chi connectivity index (χ3v) is 3.65. The Labute approximate surface area is 112 Å². The van der Waals surface area contributed by atoms with E-state index in [-0.39, 0.29) is 5.88 Å². The number of hydrogen-bond acceptors (Lipinski definition) is 3. The van der Waals surface area contributed by atoms with Gasteiger partial charge in [0.1, 0.15) is 17.7 Å². The van der Waals surface area contributed by atoms with Crippen molar-refractivity contribution in [2.24, 2.45) is 0 Å². The minimum absolute atomic E-state index is 0.241. The molecule has 0 spiro atoms. The summed E-state index contributed by atoms with van der Waals surface area (Å²) in [6.45, 7) is 0. The Morgan fingerprint density at radius 3 is 3.00 bits per heavy atom. The van der Waals surface area contributed by atoms with E-state index in [0.29, 0.717) is 10.9 Å². The number of hydrogen-bond donors (Lipinski definition) is 1. The fraction of sp³-hybridized carbons (Fsp3) is 0.167. The molecule has 1 atom stereocenters. The molecule has 1 unspecified atom stereocenters. The zero-order valence-electron chi connectivity index (χ0n) is 9.07. The highest BCUT2D eigenvalue weighted by atomic mass is 35.5. The molecular weight excluding hydrogens is 277 g/mol. The molecule has 0 fully saturated rings. The van der Waals surface area contributed by atoms with Crippen LogP contribution in [-0.4, -0.2) is 18.1 Å². The van der Waals surface area contributed by atoms with Crippen molar-refractivity contribution < 1.29 is 14.0 Å². The molecule has 3 nitrogen and oxygen atoms in total. The molecule has 2 rings (SSSR count). The fourth-order valence-electron chi connectivity index (χ4n) is 1.61. The molecule has 1 aromatic heterocycles. The predicted molar refractivity (Wildman–Crippen MR) is 69.1 cm³/mol. The van der Waals surface area contributed by atoms with Gasteiger partial charge >= 0.3 is 0 Å². The van der Waals surface area contributed by atoms with Crippen molar-refractivity contribution in [3.63, 3.8) is 0 Å². The van der Waals surface area contributed by atoms with E-state index in [2.05, 4.69) is 5.32 Å². The molecule has 0 saturated heterocycles. The topological polar surface area (TPSA) is 46.2 Å². The Kier molecular flexibility index (Phi) is 3.93. The highest BCUT2D eigenvalue weighted by molar-refractivity contribution is 7.17. The van der Waals surface area contributed by atoms with E-state index in [1.165, 1.54) is 23.5 Å². The molecule has 0 aliphatic rings. The average Bonchev–Trinajstić information content (AvgIpc) is 2.78. The van der Waals surface area contributed by atoms with Crippen molar-refractivity contribution >= 4 is 45.2 Å². The van der Waals surface area contributed by atoms with Crippen LogP contribution < -0.4 is 5.32 Å². The van der Waals surface area contributed by atoms with Crippen LogP contribution in [0.3, 0.4) is 0 Å². The lowest BCUT2D eigenvalue weighted by Gasteiger charge is -2.10. The summed E-state index contributed by atoms with van der Waals surface area (Å²) in [6.07, 6.45) is 1.72.